The summed E-state index contributed by atoms with van der Waals surface area (Å²) in [6.07, 6.45) is 3.03. The van der Waals surface area contributed by atoms with Gasteiger partial charge in [-0.25, -0.2) is 9.59 Å². The van der Waals surface area contributed by atoms with Crippen LogP contribution in [0.5, 0.6) is 0 Å². The summed E-state index contributed by atoms with van der Waals surface area (Å²) in [4.78, 5) is 25.9. The Morgan fingerprint density at radius 3 is 2.16 bits per heavy atom. The van der Waals surface area contributed by atoms with Crippen molar-refractivity contribution in [3.8, 4) is 0 Å². The quantitative estimate of drug-likeness (QED) is 0.455. The summed E-state index contributed by atoms with van der Waals surface area (Å²) in [6, 6.07) is 15.5. The maximum Gasteiger partial charge on any atom is 0.337 e. The molecule has 5 heteroatoms. The Morgan fingerprint density at radius 2 is 1.56 bits per heavy atom. The van der Waals surface area contributed by atoms with Crippen LogP contribution >= 0.6 is 0 Å². The van der Waals surface area contributed by atoms with Crippen molar-refractivity contribution in [2.45, 2.75) is 45.4 Å². The van der Waals surface area contributed by atoms with Gasteiger partial charge >= 0.3 is 11.9 Å². The van der Waals surface area contributed by atoms with Gasteiger partial charge in [0.25, 0.3) is 0 Å². The second kappa shape index (κ2) is 11.8. The smallest absolute Gasteiger partial charge is 0.337 e. The highest BCUT2D eigenvalue weighted by Crippen LogP contribution is 2.37. The number of esters is 2. The number of rotatable bonds is 11. The van der Waals surface area contributed by atoms with Crippen molar-refractivity contribution < 1.29 is 19.1 Å². The predicted octanol–water partition coefficient (Wildman–Crippen LogP) is 5.13. The van der Waals surface area contributed by atoms with E-state index in [1.807, 2.05) is 42.5 Å². The third-order valence-corrected chi connectivity index (χ3v) is 6.61. The van der Waals surface area contributed by atoms with E-state index in [1.165, 1.54) is 25.3 Å². The van der Waals surface area contributed by atoms with Crippen LogP contribution in [0.15, 0.2) is 48.5 Å². The standard InChI is InChI=1S/C27H37NO4/c1-20(2)27(3,24-10-7-9-23(19-24)26(30)32-6)16-8-17-28(4)18-15-21-11-13-22(14-12-21)25(29)31-5/h7,9-14,19-20H,8,15-18H2,1-6H3. The minimum atomic E-state index is -0.306. The van der Waals surface area contributed by atoms with Gasteiger partial charge in [0.1, 0.15) is 0 Å². The van der Waals surface area contributed by atoms with Gasteiger partial charge in [0.2, 0.25) is 0 Å². The fourth-order valence-corrected chi connectivity index (χ4v) is 3.96. The lowest BCUT2D eigenvalue weighted by atomic mass is 9.70. The Hall–Kier alpha value is -2.66. The topological polar surface area (TPSA) is 55.8 Å². The van der Waals surface area contributed by atoms with Crippen LogP contribution in [0, 0.1) is 5.92 Å². The van der Waals surface area contributed by atoms with Crippen LogP contribution in [0.1, 0.15) is 65.5 Å². The summed E-state index contributed by atoms with van der Waals surface area (Å²) >= 11 is 0. The number of hydrogen-bond donors (Lipinski definition) is 0. The van der Waals surface area contributed by atoms with Crippen LogP contribution in [-0.2, 0) is 21.3 Å². The highest BCUT2D eigenvalue weighted by molar-refractivity contribution is 5.89. The number of ether oxygens (including phenoxy) is 2. The highest BCUT2D eigenvalue weighted by Gasteiger charge is 2.30. The van der Waals surface area contributed by atoms with Crippen molar-refractivity contribution >= 4 is 11.9 Å². The minimum Gasteiger partial charge on any atom is -0.465 e. The average molecular weight is 440 g/mol. The van der Waals surface area contributed by atoms with Crippen LogP contribution in [0.25, 0.3) is 0 Å². The molecule has 1 atom stereocenters. The Kier molecular flexibility index (Phi) is 9.45. The van der Waals surface area contributed by atoms with Crippen molar-refractivity contribution in [3.63, 3.8) is 0 Å². The molecule has 32 heavy (non-hydrogen) atoms. The first-order chi connectivity index (χ1) is 15.2. The summed E-state index contributed by atoms with van der Waals surface area (Å²) in [5, 5.41) is 0. The van der Waals surface area contributed by atoms with Gasteiger partial charge in [-0.2, -0.15) is 0 Å². The molecule has 0 aromatic heterocycles. The maximum absolute atomic E-state index is 12.0. The number of hydrogen-bond acceptors (Lipinski definition) is 5. The van der Waals surface area contributed by atoms with E-state index >= 15 is 0 Å². The molecule has 0 saturated carbocycles. The van der Waals surface area contributed by atoms with Crippen LogP contribution in [0.3, 0.4) is 0 Å². The first kappa shape index (κ1) is 25.6. The summed E-state index contributed by atoms with van der Waals surface area (Å²) in [6.45, 7) is 8.73. The third kappa shape index (κ3) is 6.67. The summed E-state index contributed by atoms with van der Waals surface area (Å²) in [5.74, 6) is -0.162. The molecule has 2 aromatic rings. The van der Waals surface area contributed by atoms with Crippen LogP contribution in [0.4, 0.5) is 0 Å². The van der Waals surface area contributed by atoms with Gasteiger partial charge in [0.05, 0.1) is 25.3 Å². The zero-order valence-corrected chi connectivity index (χ0v) is 20.3. The van der Waals surface area contributed by atoms with Crippen molar-refractivity contribution in [3.05, 3.63) is 70.8 Å². The molecule has 5 nitrogen and oxygen atoms in total. The molecule has 0 heterocycles. The fourth-order valence-electron chi connectivity index (χ4n) is 3.96. The molecule has 174 valence electrons. The van der Waals surface area contributed by atoms with Crippen LogP contribution < -0.4 is 0 Å². The maximum atomic E-state index is 12.0. The number of methoxy groups -OCH3 is 2. The molecule has 0 N–H and O–H groups in total. The summed E-state index contributed by atoms with van der Waals surface area (Å²) in [5.41, 5.74) is 3.55. The van der Waals surface area contributed by atoms with Crippen molar-refractivity contribution in [1.29, 1.82) is 0 Å². The van der Waals surface area contributed by atoms with Gasteiger partial charge in [-0.1, -0.05) is 45.0 Å². The summed E-state index contributed by atoms with van der Waals surface area (Å²) < 4.78 is 9.64. The second-order valence-corrected chi connectivity index (χ2v) is 8.99. The van der Waals surface area contributed by atoms with E-state index in [2.05, 4.69) is 38.8 Å². The number of likely N-dealkylation sites (N-methyl/N-ethyl adjacent to an activating group) is 1. The summed E-state index contributed by atoms with van der Waals surface area (Å²) in [7, 11) is 4.96. The lowest BCUT2D eigenvalue weighted by Gasteiger charge is -2.35. The molecular weight excluding hydrogens is 402 g/mol. The normalized spacial score (nSPS) is 13.1. The molecule has 0 bridgehead atoms. The number of carbonyl (C=O) groups excluding carboxylic acids is 2. The van der Waals surface area contributed by atoms with E-state index < -0.39 is 0 Å². The van der Waals surface area contributed by atoms with E-state index in [4.69, 9.17) is 9.47 Å². The van der Waals surface area contributed by atoms with E-state index in [1.54, 1.807) is 0 Å². The van der Waals surface area contributed by atoms with E-state index in [0.717, 1.165) is 32.4 Å². The number of nitrogens with zero attached hydrogens (tertiary/aromatic N) is 1. The average Bonchev–Trinajstić information content (AvgIpc) is 2.81. The molecule has 0 amide bonds. The van der Waals surface area contributed by atoms with Crippen molar-refractivity contribution in [2.24, 2.45) is 5.92 Å². The molecule has 0 radical (unpaired) electrons. The Morgan fingerprint density at radius 1 is 0.938 bits per heavy atom. The van der Waals surface area contributed by atoms with Gasteiger partial charge in [-0.15, -0.1) is 0 Å². The molecule has 1 unspecified atom stereocenters. The second-order valence-electron chi connectivity index (χ2n) is 8.99. The van der Waals surface area contributed by atoms with Gasteiger partial charge in [0, 0.05) is 6.54 Å². The van der Waals surface area contributed by atoms with Gasteiger partial charge < -0.3 is 14.4 Å². The van der Waals surface area contributed by atoms with Gasteiger partial charge in [-0.05, 0) is 79.6 Å². The lowest BCUT2D eigenvalue weighted by Crippen LogP contribution is -2.31. The van der Waals surface area contributed by atoms with Crippen LogP contribution in [0.2, 0.25) is 0 Å². The molecule has 2 aromatic carbocycles. The molecule has 0 spiro atoms. The third-order valence-electron chi connectivity index (χ3n) is 6.61. The molecule has 0 aliphatic carbocycles. The predicted molar refractivity (Wildman–Crippen MR) is 128 cm³/mol. The largest absolute Gasteiger partial charge is 0.465 e. The number of carbonyl (C=O) groups is 2. The van der Waals surface area contributed by atoms with E-state index in [-0.39, 0.29) is 17.4 Å². The molecule has 0 fully saturated rings. The highest BCUT2D eigenvalue weighted by atomic mass is 16.5. The molecule has 0 aliphatic rings. The first-order valence-electron chi connectivity index (χ1n) is 11.3. The lowest BCUT2D eigenvalue weighted by molar-refractivity contribution is 0.0591. The fraction of sp³-hybridized carbons (Fsp3) is 0.481. The number of benzene rings is 2. The Labute approximate surface area is 192 Å². The van der Waals surface area contributed by atoms with Crippen molar-refractivity contribution in [2.75, 3.05) is 34.4 Å². The molecule has 0 saturated heterocycles. The van der Waals surface area contributed by atoms with Crippen LogP contribution in [-0.4, -0.2) is 51.2 Å². The zero-order chi connectivity index (χ0) is 23.7. The minimum absolute atomic E-state index is 0.0193. The van der Waals surface area contributed by atoms with Gasteiger partial charge in [-0.3, -0.25) is 0 Å². The van der Waals surface area contributed by atoms with Gasteiger partial charge in [0.15, 0.2) is 0 Å². The zero-order valence-electron chi connectivity index (χ0n) is 20.3. The van der Waals surface area contributed by atoms with E-state index in [0.29, 0.717) is 17.0 Å². The monoisotopic (exact) mass is 439 g/mol. The molecular formula is C27H37NO4. The Bertz CT molecular complexity index is 891. The molecule has 0 aliphatic heterocycles. The first-order valence-corrected chi connectivity index (χ1v) is 11.3. The Balaban J connectivity index is 1.92. The molecule has 2 rings (SSSR count). The SMILES string of the molecule is COC(=O)c1ccc(CCN(C)CCCC(C)(c2cccc(C(=O)OC)c2)C(C)C)cc1. The van der Waals surface area contributed by atoms with E-state index in [9.17, 15) is 9.59 Å². The van der Waals surface area contributed by atoms with Crippen molar-refractivity contribution in [1.82, 2.24) is 4.90 Å².